The third kappa shape index (κ3) is 5.11. The number of ether oxygens (including phenoxy) is 1. The van der Waals surface area contributed by atoms with Crippen molar-refractivity contribution in [1.29, 1.82) is 0 Å². The third-order valence-corrected chi connectivity index (χ3v) is 3.59. The van der Waals surface area contributed by atoms with Crippen LogP contribution in [0.4, 0.5) is 11.4 Å². The maximum atomic E-state index is 12.0. The molecule has 2 N–H and O–H groups in total. The van der Waals surface area contributed by atoms with Gasteiger partial charge in [-0.3, -0.25) is 4.79 Å². The fraction of sp³-hybridized carbons (Fsp3) is 0.0952. The summed E-state index contributed by atoms with van der Waals surface area (Å²) in [6.07, 6.45) is 0. The van der Waals surface area contributed by atoms with Gasteiger partial charge < -0.3 is 15.4 Å². The highest BCUT2D eigenvalue weighted by atomic mass is 16.5. The van der Waals surface area contributed by atoms with Crippen LogP contribution in [0, 0.1) is 6.92 Å². The Balaban J connectivity index is 1.50. The number of aryl methyl sites for hydroxylation is 1. The first kappa shape index (κ1) is 16.6. The molecule has 4 heteroatoms. The lowest BCUT2D eigenvalue weighted by Gasteiger charge is -2.09. The van der Waals surface area contributed by atoms with Gasteiger partial charge >= 0.3 is 0 Å². The van der Waals surface area contributed by atoms with E-state index in [4.69, 9.17) is 4.74 Å². The number of anilines is 2. The first-order chi connectivity index (χ1) is 12.2. The van der Waals surface area contributed by atoms with Gasteiger partial charge in [0.2, 0.25) is 5.91 Å². The minimum absolute atomic E-state index is 0.0878. The zero-order valence-electron chi connectivity index (χ0n) is 14.0. The zero-order valence-corrected chi connectivity index (χ0v) is 14.0. The van der Waals surface area contributed by atoms with Crippen molar-refractivity contribution < 1.29 is 9.53 Å². The number of para-hydroxylation sites is 1. The number of hydrogen-bond donors (Lipinski definition) is 2. The van der Waals surface area contributed by atoms with Gasteiger partial charge in [0.25, 0.3) is 0 Å². The van der Waals surface area contributed by atoms with Crippen LogP contribution in [0.2, 0.25) is 0 Å². The first-order valence-corrected chi connectivity index (χ1v) is 8.12. The number of carbonyl (C=O) groups is 1. The molecule has 1 amide bonds. The van der Waals surface area contributed by atoms with Crippen LogP contribution in [0.3, 0.4) is 0 Å². The number of benzene rings is 3. The molecule has 4 nitrogen and oxygen atoms in total. The summed E-state index contributed by atoms with van der Waals surface area (Å²) >= 11 is 0. The molecule has 0 aliphatic heterocycles. The fourth-order valence-corrected chi connectivity index (χ4v) is 2.38. The Morgan fingerprint density at radius 3 is 2.28 bits per heavy atom. The Kier molecular flexibility index (Phi) is 5.32. The van der Waals surface area contributed by atoms with E-state index in [-0.39, 0.29) is 12.5 Å². The SMILES string of the molecule is Cc1cccc(NC(=O)CNc2ccc(Oc3ccccc3)cc2)c1. The molecule has 0 unspecified atom stereocenters. The Bertz CT molecular complexity index is 830. The summed E-state index contributed by atoms with van der Waals surface area (Å²) in [4.78, 5) is 12.0. The normalized spacial score (nSPS) is 10.1. The van der Waals surface area contributed by atoms with Crippen molar-refractivity contribution in [2.75, 3.05) is 17.2 Å². The Hall–Kier alpha value is -3.27. The second-order valence-corrected chi connectivity index (χ2v) is 5.71. The molecule has 3 aromatic rings. The number of nitrogens with one attached hydrogen (secondary N) is 2. The highest BCUT2D eigenvalue weighted by Crippen LogP contribution is 2.22. The van der Waals surface area contributed by atoms with Gasteiger partial charge in [-0.05, 0) is 61.0 Å². The fourth-order valence-electron chi connectivity index (χ4n) is 2.38. The average Bonchev–Trinajstić information content (AvgIpc) is 2.62. The van der Waals surface area contributed by atoms with Crippen LogP contribution in [0.5, 0.6) is 11.5 Å². The van der Waals surface area contributed by atoms with E-state index in [2.05, 4.69) is 10.6 Å². The Labute approximate surface area is 147 Å². The van der Waals surface area contributed by atoms with Crippen LogP contribution in [0.25, 0.3) is 0 Å². The lowest BCUT2D eigenvalue weighted by atomic mass is 10.2. The zero-order chi connectivity index (χ0) is 17.5. The molecule has 0 bridgehead atoms. The van der Waals surface area contributed by atoms with Gasteiger partial charge in [-0.2, -0.15) is 0 Å². The van der Waals surface area contributed by atoms with E-state index < -0.39 is 0 Å². The molecular formula is C21H20N2O2. The van der Waals surface area contributed by atoms with Gasteiger partial charge in [-0.15, -0.1) is 0 Å². The number of amides is 1. The van der Waals surface area contributed by atoms with Crippen molar-refractivity contribution >= 4 is 17.3 Å². The predicted molar refractivity (Wildman–Crippen MR) is 101 cm³/mol. The van der Waals surface area contributed by atoms with E-state index in [0.717, 1.165) is 28.4 Å². The van der Waals surface area contributed by atoms with Gasteiger partial charge in [-0.25, -0.2) is 0 Å². The molecule has 3 aromatic carbocycles. The predicted octanol–water partition coefficient (Wildman–Crippen LogP) is 4.84. The highest BCUT2D eigenvalue weighted by Gasteiger charge is 2.03. The van der Waals surface area contributed by atoms with Gasteiger partial charge in [0.15, 0.2) is 0 Å². The third-order valence-electron chi connectivity index (χ3n) is 3.59. The molecule has 0 fully saturated rings. The van der Waals surface area contributed by atoms with Gasteiger partial charge in [0, 0.05) is 11.4 Å². The molecule has 0 aromatic heterocycles. The summed E-state index contributed by atoms with van der Waals surface area (Å²) in [5.41, 5.74) is 2.78. The lowest BCUT2D eigenvalue weighted by molar-refractivity contribution is -0.114. The van der Waals surface area contributed by atoms with E-state index in [9.17, 15) is 4.79 Å². The molecule has 0 atom stereocenters. The lowest BCUT2D eigenvalue weighted by Crippen LogP contribution is -2.21. The monoisotopic (exact) mass is 332 g/mol. The van der Waals surface area contributed by atoms with Crippen LogP contribution in [-0.4, -0.2) is 12.5 Å². The Morgan fingerprint density at radius 1 is 0.840 bits per heavy atom. The van der Waals surface area contributed by atoms with Crippen molar-refractivity contribution in [2.45, 2.75) is 6.92 Å². The summed E-state index contributed by atoms with van der Waals surface area (Å²) in [6, 6.07) is 24.9. The number of rotatable bonds is 6. The highest BCUT2D eigenvalue weighted by molar-refractivity contribution is 5.93. The molecule has 0 saturated carbocycles. The van der Waals surface area contributed by atoms with E-state index >= 15 is 0 Å². The van der Waals surface area contributed by atoms with Crippen LogP contribution in [0.1, 0.15) is 5.56 Å². The van der Waals surface area contributed by atoms with Gasteiger partial charge in [0.05, 0.1) is 6.54 Å². The van der Waals surface area contributed by atoms with Crippen LogP contribution >= 0.6 is 0 Å². The summed E-state index contributed by atoms with van der Waals surface area (Å²) < 4.78 is 5.74. The van der Waals surface area contributed by atoms with Crippen molar-refractivity contribution in [2.24, 2.45) is 0 Å². The summed E-state index contributed by atoms with van der Waals surface area (Å²) in [5, 5.41) is 5.97. The largest absolute Gasteiger partial charge is 0.457 e. The molecule has 0 radical (unpaired) electrons. The van der Waals surface area contributed by atoms with Crippen molar-refractivity contribution in [3.63, 3.8) is 0 Å². The van der Waals surface area contributed by atoms with Gasteiger partial charge in [0.1, 0.15) is 11.5 Å². The minimum atomic E-state index is -0.0878. The quantitative estimate of drug-likeness (QED) is 0.679. The van der Waals surface area contributed by atoms with Crippen LogP contribution in [0.15, 0.2) is 78.9 Å². The summed E-state index contributed by atoms with van der Waals surface area (Å²) in [7, 11) is 0. The first-order valence-electron chi connectivity index (χ1n) is 8.12. The summed E-state index contributed by atoms with van der Waals surface area (Å²) in [5.74, 6) is 1.46. The average molecular weight is 332 g/mol. The van der Waals surface area contributed by atoms with E-state index in [1.54, 1.807) is 0 Å². The molecule has 25 heavy (non-hydrogen) atoms. The molecule has 0 spiro atoms. The molecular weight excluding hydrogens is 312 g/mol. The molecule has 126 valence electrons. The van der Waals surface area contributed by atoms with Crippen LogP contribution < -0.4 is 15.4 Å². The topological polar surface area (TPSA) is 50.4 Å². The second-order valence-electron chi connectivity index (χ2n) is 5.71. The van der Waals surface area contributed by atoms with Crippen LogP contribution in [-0.2, 0) is 4.79 Å². The molecule has 0 aliphatic rings. The molecule has 0 heterocycles. The van der Waals surface area contributed by atoms with Crippen molar-refractivity contribution in [3.05, 3.63) is 84.4 Å². The van der Waals surface area contributed by atoms with Gasteiger partial charge in [-0.1, -0.05) is 30.3 Å². The van der Waals surface area contributed by atoms with Crippen molar-refractivity contribution in [3.8, 4) is 11.5 Å². The van der Waals surface area contributed by atoms with E-state index in [0.29, 0.717) is 0 Å². The smallest absolute Gasteiger partial charge is 0.243 e. The molecule has 0 aliphatic carbocycles. The molecule has 3 rings (SSSR count). The van der Waals surface area contributed by atoms with E-state index in [1.165, 1.54) is 0 Å². The Morgan fingerprint density at radius 2 is 1.56 bits per heavy atom. The van der Waals surface area contributed by atoms with Crippen molar-refractivity contribution in [1.82, 2.24) is 0 Å². The number of hydrogen-bond acceptors (Lipinski definition) is 3. The standard InChI is InChI=1S/C21H20N2O2/c1-16-6-5-7-18(14-16)23-21(24)15-22-17-10-12-20(13-11-17)25-19-8-3-2-4-9-19/h2-14,22H,15H2,1H3,(H,23,24). The minimum Gasteiger partial charge on any atom is -0.457 e. The summed E-state index contributed by atoms with van der Waals surface area (Å²) in [6.45, 7) is 2.19. The maximum Gasteiger partial charge on any atom is 0.243 e. The second kappa shape index (κ2) is 8.02. The maximum absolute atomic E-state index is 12.0. The molecule has 0 saturated heterocycles. The number of carbonyl (C=O) groups excluding carboxylic acids is 1. The van der Waals surface area contributed by atoms with E-state index in [1.807, 2.05) is 85.8 Å².